The molecule has 1 aromatic rings. The summed E-state index contributed by atoms with van der Waals surface area (Å²) in [6.45, 7) is 6.84. The average molecular weight is 255 g/mol. The summed E-state index contributed by atoms with van der Waals surface area (Å²) in [5.41, 5.74) is 0.254. The zero-order valence-corrected chi connectivity index (χ0v) is 10.9. The van der Waals surface area contributed by atoms with Gasteiger partial charge in [0.05, 0.1) is 4.92 Å². The largest absolute Gasteiger partial charge is 0.481 e. The van der Waals surface area contributed by atoms with Gasteiger partial charge in [-0.1, -0.05) is 6.92 Å². The topological polar surface area (TPSA) is 98.3 Å². The van der Waals surface area contributed by atoms with E-state index in [9.17, 15) is 20.0 Å². The lowest BCUT2D eigenvalue weighted by atomic mass is 10.0. The maximum absolute atomic E-state index is 11.2. The highest BCUT2D eigenvalue weighted by molar-refractivity contribution is 5.77. The van der Waals surface area contributed by atoms with Crippen LogP contribution in [0, 0.1) is 17.0 Å². The molecule has 1 unspecified atom stereocenters. The molecule has 0 saturated carbocycles. The first-order valence-electron chi connectivity index (χ1n) is 5.77. The minimum Gasteiger partial charge on any atom is -0.481 e. The first-order valence-corrected chi connectivity index (χ1v) is 5.77. The van der Waals surface area contributed by atoms with Crippen LogP contribution in [0.25, 0.3) is 0 Å². The molecule has 1 aromatic heterocycles. The Kier molecular flexibility index (Phi) is 4.05. The summed E-state index contributed by atoms with van der Waals surface area (Å²) in [5, 5.41) is 24.4. The van der Waals surface area contributed by atoms with Crippen molar-refractivity contribution in [3.05, 3.63) is 21.5 Å². The van der Waals surface area contributed by atoms with E-state index in [2.05, 4.69) is 5.10 Å². The molecule has 1 atom stereocenters. The number of hydrogen-bond acceptors (Lipinski definition) is 4. The number of aryl methyl sites for hydroxylation is 1. The summed E-state index contributed by atoms with van der Waals surface area (Å²) in [5.74, 6) is -1.98. The molecule has 0 aliphatic rings. The zero-order valence-electron chi connectivity index (χ0n) is 10.9. The van der Waals surface area contributed by atoms with Crippen molar-refractivity contribution in [2.24, 2.45) is 0 Å². The summed E-state index contributed by atoms with van der Waals surface area (Å²) in [7, 11) is 0. The Balaban J connectivity index is 3.54. The van der Waals surface area contributed by atoms with E-state index in [1.807, 2.05) is 13.8 Å². The van der Waals surface area contributed by atoms with Gasteiger partial charge in [0.1, 0.15) is 17.3 Å². The van der Waals surface area contributed by atoms with Gasteiger partial charge < -0.3 is 5.11 Å². The number of carboxylic acid groups (broad SMARTS) is 1. The van der Waals surface area contributed by atoms with Gasteiger partial charge in [-0.15, -0.1) is 0 Å². The van der Waals surface area contributed by atoms with Crippen LogP contribution >= 0.6 is 0 Å². The monoisotopic (exact) mass is 255 g/mol. The van der Waals surface area contributed by atoms with Gasteiger partial charge in [0.15, 0.2) is 0 Å². The molecule has 100 valence electrons. The molecule has 0 amide bonds. The number of rotatable bonds is 5. The molecule has 18 heavy (non-hydrogen) atoms. The number of aromatic nitrogens is 2. The molecule has 0 aliphatic carbocycles. The summed E-state index contributed by atoms with van der Waals surface area (Å²) in [4.78, 5) is 21.8. The van der Waals surface area contributed by atoms with E-state index in [-0.39, 0.29) is 29.5 Å². The van der Waals surface area contributed by atoms with Gasteiger partial charge in [0.25, 0.3) is 0 Å². The summed E-state index contributed by atoms with van der Waals surface area (Å²) >= 11 is 0. The predicted molar refractivity (Wildman–Crippen MR) is 64.7 cm³/mol. The summed E-state index contributed by atoms with van der Waals surface area (Å²) < 4.78 is 1.44. The molecule has 0 radical (unpaired) electrons. The third kappa shape index (κ3) is 2.34. The Bertz CT molecular complexity index is 479. The Morgan fingerprint density at radius 3 is 2.44 bits per heavy atom. The predicted octanol–water partition coefficient (Wildman–Crippen LogP) is 2.26. The van der Waals surface area contributed by atoms with Gasteiger partial charge in [0, 0.05) is 6.04 Å². The van der Waals surface area contributed by atoms with Crippen LogP contribution in [0.4, 0.5) is 5.69 Å². The molecule has 0 aliphatic heterocycles. The lowest BCUT2D eigenvalue weighted by Gasteiger charge is -2.14. The molecule has 1 rings (SSSR count). The highest BCUT2D eigenvalue weighted by Crippen LogP contribution is 2.33. The highest BCUT2D eigenvalue weighted by Gasteiger charge is 2.34. The molecular formula is C11H17N3O4. The van der Waals surface area contributed by atoms with Crippen LogP contribution < -0.4 is 0 Å². The molecule has 1 N–H and O–H groups in total. The van der Waals surface area contributed by atoms with Crippen LogP contribution in [0.15, 0.2) is 0 Å². The lowest BCUT2D eigenvalue weighted by molar-refractivity contribution is -0.386. The number of nitro groups is 1. The Morgan fingerprint density at radius 2 is 2.11 bits per heavy atom. The zero-order chi connectivity index (χ0) is 14.0. The van der Waals surface area contributed by atoms with Crippen molar-refractivity contribution in [3.8, 4) is 0 Å². The number of nitrogens with zero attached hydrogens (tertiary/aromatic N) is 3. The molecule has 0 saturated heterocycles. The first-order chi connectivity index (χ1) is 8.31. The van der Waals surface area contributed by atoms with E-state index in [1.54, 1.807) is 6.92 Å². The number of hydrogen-bond donors (Lipinski definition) is 1. The maximum Gasteiger partial charge on any atom is 0.313 e. The van der Waals surface area contributed by atoms with E-state index in [0.717, 1.165) is 0 Å². The van der Waals surface area contributed by atoms with Crippen molar-refractivity contribution < 1.29 is 14.8 Å². The van der Waals surface area contributed by atoms with Crippen molar-refractivity contribution in [2.45, 2.75) is 46.1 Å². The van der Waals surface area contributed by atoms with E-state index in [0.29, 0.717) is 0 Å². The van der Waals surface area contributed by atoms with Crippen molar-refractivity contribution in [1.82, 2.24) is 9.78 Å². The van der Waals surface area contributed by atoms with Crippen molar-refractivity contribution in [2.75, 3.05) is 0 Å². The molecular weight excluding hydrogens is 238 g/mol. The number of carbonyl (C=O) groups is 1. The number of aliphatic carboxylic acids is 1. The third-order valence-corrected chi connectivity index (χ3v) is 2.80. The Hall–Kier alpha value is -1.92. The quantitative estimate of drug-likeness (QED) is 0.642. The third-order valence-electron chi connectivity index (χ3n) is 2.80. The molecule has 0 bridgehead atoms. The SMILES string of the molecule is CCC(C(=O)O)c1c([N+](=O)[O-])c(C)nn1C(C)C. The van der Waals surface area contributed by atoms with E-state index >= 15 is 0 Å². The summed E-state index contributed by atoms with van der Waals surface area (Å²) in [6, 6.07) is -0.124. The van der Waals surface area contributed by atoms with Gasteiger partial charge in [-0.25, -0.2) is 0 Å². The van der Waals surface area contributed by atoms with Crippen LogP contribution in [0.1, 0.15) is 50.5 Å². The van der Waals surface area contributed by atoms with E-state index in [1.165, 1.54) is 11.6 Å². The van der Waals surface area contributed by atoms with Crippen molar-refractivity contribution in [1.29, 1.82) is 0 Å². The minimum absolute atomic E-state index is 0.124. The molecule has 7 heteroatoms. The molecule has 0 aromatic carbocycles. The van der Waals surface area contributed by atoms with Gasteiger partial charge in [0.2, 0.25) is 0 Å². The van der Waals surface area contributed by atoms with Gasteiger partial charge in [-0.3, -0.25) is 19.6 Å². The summed E-state index contributed by atoms with van der Waals surface area (Å²) in [6.07, 6.45) is 0.286. The van der Waals surface area contributed by atoms with Crippen LogP contribution in [-0.2, 0) is 4.79 Å². The second kappa shape index (κ2) is 5.16. The van der Waals surface area contributed by atoms with Crippen molar-refractivity contribution >= 4 is 11.7 Å². The normalized spacial score (nSPS) is 12.7. The van der Waals surface area contributed by atoms with Crippen LogP contribution in [-0.4, -0.2) is 25.8 Å². The van der Waals surface area contributed by atoms with Crippen LogP contribution in [0.2, 0.25) is 0 Å². The fourth-order valence-corrected chi connectivity index (χ4v) is 1.99. The van der Waals surface area contributed by atoms with Crippen molar-refractivity contribution in [3.63, 3.8) is 0 Å². The molecule has 0 spiro atoms. The average Bonchev–Trinajstić information content (AvgIpc) is 2.56. The second-order valence-electron chi connectivity index (χ2n) is 4.41. The maximum atomic E-state index is 11.2. The van der Waals surface area contributed by atoms with Crippen LogP contribution in [0.3, 0.4) is 0 Å². The Labute approximate surface area is 105 Å². The smallest absolute Gasteiger partial charge is 0.313 e. The van der Waals surface area contributed by atoms with Gasteiger partial charge in [-0.2, -0.15) is 5.10 Å². The lowest BCUT2D eigenvalue weighted by Crippen LogP contribution is -2.18. The van der Waals surface area contributed by atoms with Gasteiger partial charge >= 0.3 is 11.7 Å². The fourth-order valence-electron chi connectivity index (χ4n) is 1.99. The minimum atomic E-state index is -1.07. The standard InChI is InChI=1S/C11H17N3O4/c1-5-8(11(15)16)10-9(14(17)18)7(4)12-13(10)6(2)3/h6,8H,5H2,1-4H3,(H,15,16). The first kappa shape index (κ1) is 14.1. The van der Waals surface area contributed by atoms with Gasteiger partial charge in [-0.05, 0) is 27.2 Å². The van der Waals surface area contributed by atoms with E-state index < -0.39 is 16.8 Å². The highest BCUT2D eigenvalue weighted by atomic mass is 16.6. The van der Waals surface area contributed by atoms with E-state index in [4.69, 9.17) is 0 Å². The molecule has 1 heterocycles. The second-order valence-corrected chi connectivity index (χ2v) is 4.41. The Morgan fingerprint density at radius 1 is 1.56 bits per heavy atom. The van der Waals surface area contributed by atoms with Crippen LogP contribution in [0.5, 0.6) is 0 Å². The fraction of sp³-hybridized carbons (Fsp3) is 0.636. The molecule has 0 fully saturated rings. The molecule has 7 nitrogen and oxygen atoms in total. The number of carboxylic acids is 1.